The third-order valence-corrected chi connectivity index (χ3v) is 7.13. The highest BCUT2D eigenvalue weighted by Crippen LogP contribution is 2.25. The smallest absolute Gasteiger partial charge is 0.333 e. The van der Waals surface area contributed by atoms with Gasteiger partial charge in [-0.3, -0.25) is 9.13 Å². The Hall–Kier alpha value is -4.10. The van der Waals surface area contributed by atoms with Gasteiger partial charge in [0.1, 0.15) is 12.0 Å². The van der Waals surface area contributed by atoms with Crippen LogP contribution in [0, 0.1) is 0 Å². The lowest BCUT2D eigenvalue weighted by Crippen LogP contribution is -2.44. The molecule has 1 saturated heterocycles. The molecule has 0 unspecified atom stereocenters. The van der Waals surface area contributed by atoms with Crippen molar-refractivity contribution in [3.8, 4) is 16.9 Å². The first-order chi connectivity index (χ1) is 17.7. The summed E-state index contributed by atoms with van der Waals surface area (Å²) in [4.78, 5) is 22.8. The number of hydrogen-bond donors (Lipinski definition) is 0. The molecule has 7 heteroatoms. The number of benzene rings is 3. The van der Waals surface area contributed by atoms with Crippen LogP contribution >= 0.6 is 0 Å². The standard InChI is InChI=1S/C29H29N5O2/c1-31-16-18-32(19-17-31)26-7-3-2-6-23(26)14-15-33-27-8-4-5-9-28(27)34(29(33)35)24-12-10-22(11-13-24)25-20-36-21-30-25/h2-13,20-21H,14-19H2,1H3. The van der Waals surface area contributed by atoms with Gasteiger partial charge in [0, 0.05) is 44.0 Å². The van der Waals surface area contributed by atoms with E-state index < -0.39 is 0 Å². The van der Waals surface area contributed by atoms with Crippen LogP contribution in [0.4, 0.5) is 5.69 Å². The van der Waals surface area contributed by atoms with Crippen LogP contribution in [0.2, 0.25) is 0 Å². The van der Waals surface area contributed by atoms with Gasteiger partial charge in [0.2, 0.25) is 0 Å². The van der Waals surface area contributed by atoms with Crippen LogP contribution in [0.25, 0.3) is 28.0 Å². The SMILES string of the molecule is CN1CCN(c2ccccc2CCn2c(=O)n(-c3ccc(-c4cocn4)cc3)c3ccccc32)CC1. The van der Waals surface area contributed by atoms with Crippen molar-refractivity contribution < 1.29 is 4.42 Å². The van der Waals surface area contributed by atoms with E-state index in [4.69, 9.17) is 4.42 Å². The van der Waals surface area contributed by atoms with Crippen LogP contribution < -0.4 is 10.6 Å². The number of fused-ring (bicyclic) bond motifs is 1. The maximum Gasteiger partial charge on any atom is 0.333 e. The molecule has 36 heavy (non-hydrogen) atoms. The lowest BCUT2D eigenvalue weighted by molar-refractivity contribution is 0.312. The molecule has 5 aromatic rings. The van der Waals surface area contributed by atoms with Crippen molar-refractivity contribution in [3.05, 3.63) is 102 Å². The van der Waals surface area contributed by atoms with Crippen LogP contribution in [0.5, 0.6) is 0 Å². The molecule has 3 aromatic carbocycles. The van der Waals surface area contributed by atoms with Gasteiger partial charge in [-0.1, -0.05) is 42.5 Å². The van der Waals surface area contributed by atoms with E-state index >= 15 is 0 Å². The lowest BCUT2D eigenvalue weighted by Gasteiger charge is -2.35. The number of likely N-dealkylation sites (N-methyl/N-ethyl adjacent to an activating group) is 1. The summed E-state index contributed by atoms with van der Waals surface area (Å²) in [6.45, 7) is 4.80. The van der Waals surface area contributed by atoms with E-state index in [1.807, 2.05) is 53.1 Å². The molecule has 3 heterocycles. The van der Waals surface area contributed by atoms with Gasteiger partial charge in [-0.2, -0.15) is 0 Å². The number of piperazine rings is 1. The number of hydrogen-bond acceptors (Lipinski definition) is 5. The first kappa shape index (κ1) is 22.4. The Morgan fingerprint density at radius 3 is 2.33 bits per heavy atom. The van der Waals surface area contributed by atoms with Crippen LogP contribution in [0.15, 0.2) is 94.7 Å². The maximum absolute atomic E-state index is 13.7. The molecule has 0 atom stereocenters. The summed E-state index contributed by atoms with van der Waals surface area (Å²) in [7, 11) is 2.17. The Morgan fingerprint density at radius 2 is 1.58 bits per heavy atom. The molecule has 0 spiro atoms. The van der Waals surface area contributed by atoms with Crippen LogP contribution in [0.3, 0.4) is 0 Å². The van der Waals surface area contributed by atoms with Gasteiger partial charge < -0.3 is 14.2 Å². The number of oxazole rings is 1. The molecule has 0 aliphatic carbocycles. The number of para-hydroxylation sites is 3. The number of aromatic nitrogens is 3. The molecule has 0 saturated carbocycles. The summed E-state index contributed by atoms with van der Waals surface area (Å²) < 4.78 is 8.81. The van der Waals surface area contributed by atoms with Gasteiger partial charge in [-0.15, -0.1) is 0 Å². The van der Waals surface area contributed by atoms with Crippen molar-refractivity contribution >= 4 is 16.7 Å². The number of rotatable bonds is 6. The second-order valence-electron chi connectivity index (χ2n) is 9.35. The minimum atomic E-state index is -0.0255. The quantitative estimate of drug-likeness (QED) is 0.360. The minimum Gasteiger partial charge on any atom is -0.451 e. The zero-order chi connectivity index (χ0) is 24.5. The average molecular weight is 480 g/mol. The van der Waals surface area contributed by atoms with Crippen molar-refractivity contribution in [2.45, 2.75) is 13.0 Å². The molecule has 7 nitrogen and oxygen atoms in total. The summed E-state index contributed by atoms with van der Waals surface area (Å²) in [5, 5.41) is 0. The molecular formula is C29H29N5O2. The van der Waals surface area contributed by atoms with Crippen LogP contribution in [-0.2, 0) is 13.0 Å². The number of nitrogens with zero attached hydrogens (tertiary/aromatic N) is 5. The fourth-order valence-electron chi connectivity index (χ4n) is 5.12. The number of aryl methyl sites for hydroxylation is 2. The Labute approximate surface area is 209 Å². The van der Waals surface area contributed by atoms with Gasteiger partial charge in [-0.05, 0) is 49.4 Å². The predicted molar refractivity (Wildman–Crippen MR) is 143 cm³/mol. The molecule has 182 valence electrons. The van der Waals surface area contributed by atoms with Crippen molar-refractivity contribution in [1.29, 1.82) is 0 Å². The van der Waals surface area contributed by atoms with E-state index in [9.17, 15) is 4.79 Å². The Kier molecular flexibility index (Phi) is 5.91. The highest BCUT2D eigenvalue weighted by atomic mass is 16.3. The number of imidazole rings is 1. The minimum absolute atomic E-state index is 0.0255. The van der Waals surface area contributed by atoms with Crippen LogP contribution in [0.1, 0.15) is 5.56 Å². The summed E-state index contributed by atoms with van der Waals surface area (Å²) in [6.07, 6.45) is 3.83. The zero-order valence-electron chi connectivity index (χ0n) is 20.4. The molecule has 6 rings (SSSR count). The fraction of sp³-hybridized carbons (Fsp3) is 0.241. The van der Waals surface area contributed by atoms with Crippen molar-refractivity contribution in [1.82, 2.24) is 19.0 Å². The molecule has 1 aliphatic heterocycles. The predicted octanol–water partition coefficient (Wildman–Crippen LogP) is 4.44. The van der Waals surface area contributed by atoms with E-state index in [0.717, 1.165) is 60.6 Å². The van der Waals surface area contributed by atoms with Crippen LogP contribution in [-0.4, -0.2) is 52.2 Å². The lowest BCUT2D eigenvalue weighted by atomic mass is 10.1. The topological polar surface area (TPSA) is 59.4 Å². The van der Waals surface area contributed by atoms with E-state index in [1.165, 1.54) is 17.6 Å². The van der Waals surface area contributed by atoms with Gasteiger partial charge >= 0.3 is 5.69 Å². The average Bonchev–Trinajstić information content (AvgIpc) is 3.55. The fourth-order valence-corrected chi connectivity index (χ4v) is 5.12. The Balaban J connectivity index is 1.32. The Morgan fingerprint density at radius 1 is 0.861 bits per heavy atom. The molecule has 1 fully saturated rings. The monoisotopic (exact) mass is 479 g/mol. The third kappa shape index (κ3) is 4.12. The summed E-state index contributed by atoms with van der Waals surface area (Å²) >= 11 is 0. The van der Waals surface area contributed by atoms with E-state index in [1.54, 1.807) is 10.8 Å². The van der Waals surface area contributed by atoms with Gasteiger partial charge in [-0.25, -0.2) is 9.78 Å². The molecule has 1 aliphatic rings. The van der Waals surface area contributed by atoms with Gasteiger partial charge in [0.25, 0.3) is 0 Å². The largest absolute Gasteiger partial charge is 0.451 e. The first-order valence-corrected chi connectivity index (χ1v) is 12.4. The van der Waals surface area contributed by atoms with Gasteiger partial charge in [0.05, 0.1) is 16.7 Å². The molecule has 2 aromatic heterocycles. The highest BCUT2D eigenvalue weighted by molar-refractivity contribution is 5.78. The third-order valence-electron chi connectivity index (χ3n) is 7.13. The normalized spacial score (nSPS) is 14.5. The summed E-state index contributed by atoms with van der Waals surface area (Å²) in [5.41, 5.74) is 6.94. The molecule has 0 radical (unpaired) electrons. The summed E-state index contributed by atoms with van der Waals surface area (Å²) in [5.74, 6) is 0. The second kappa shape index (κ2) is 9.51. The van der Waals surface area contributed by atoms with E-state index in [-0.39, 0.29) is 5.69 Å². The molecule has 0 bridgehead atoms. The van der Waals surface area contributed by atoms with Crippen molar-refractivity contribution in [2.24, 2.45) is 0 Å². The van der Waals surface area contributed by atoms with E-state index in [0.29, 0.717) is 6.54 Å². The zero-order valence-corrected chi connectivity index (χ0v) is 20.4. The Bertz CT molecular complexity index is 1520. The molecule has 0 N–H and O–H groups in total. The maximum atomic E-state index is 13.7. The molecular weight excluding hydrogens is 450 g/mol. The van der Waals surface area contributed by atoms with E-state index in [2.05, 4.69) is 46.1 Å². The first-order valence-electron chi connectivity index (χ1n) is 12.4. The second-order valence-corrected chi connectivity index (χ2v) is 9.35. The highest BCUT2D eigenvalue weighted by Gasteiger charge is 2.18. The summed E-state index contributed by atoms with van der Waals surface area (Å²) in [6, 6.07) is 24.5. The molecule has 0 amide bonds. The number of anilines is 1. The van der Waals surface area contributed by atoms with Crippen molar-refractivity contribution in [3.63, 3.8) is 0 Å². The van der Waals surface area contributed by atoms with Crippen molar-refractivity contribution in [2.75, 3.05) is 38.1 Å². The van der Waals surface area contributed by atoms with Gasteiger partial charge in [0.15, 0.2) is 6.39 Å².